The molecule has 22 heavy (non-hydrogen) atoms. The van der Waals surface area contributed by atoms with Gasteiger partial charge in [-0.2, -0.15) is 0 Å². The largest absolute Gasteiger partial charge is 1.00 e. The van der Waals surface area contributed by atoms with E-state index >= 15 is 0 Å². The second-order valence-electron chi connectivity index (χ2n) is 6.24. The fourth-order valence-corrected chi connectivity index (χ4v) is 7.79. The minimum Gasteiger partial charge on any atom is -1.00 e. The van der Waals surface area contributed by atoms with Gasteiger partial charge in [0.1, 0.15) is 0 Å². The van der Waals surface area contributed by atoms with Crippen LogP contribution in [0.1, 0.15) is 64.7 Å². The Morgan fingerprint density at radius 1 is 0.545 bits per heavy atom. The first-order valence-electron chi connectivity index (χ1n) is 8.92. The van der Waals surface area contributed by atoms with Crippen LogP contribution in [0.2, 0.25) is 0 Å². The molecule has 0 saturated carbocycles. The minimum absolute atomic E-state index is 0. The fourth-order valence-electron chi connectivity index (χ4n) is 3.12. The maximum Gasteiger partial charge on any atom is 0.0616 e. The Kier molecular flexibility index (Phi) is 20.6. The van der Waals surface area contributed by atoms with Crippen LogP contribution in [0.3, 0.4) is 0 Å². The number of unbranched alkanes of at least 4 members (excludes halogenated alkanes) is 5. The SMILES string of the molecule is CCCCCCCC[P+](CCCO)(CCCO)CCCO.[Br-]. The normalized spacial score (nSPS) is 11.5. The van der Waals surface area contributed by atoms with Gasteiger partial charge in [0.25, 0.3) is 0 Å². The average molecular weight is 401 g/mol. The molecule has 0 bridgehead atoms. The van der Waals surface area contributed by atoms with E-state index in [0.717, 1.165) is 37.7 Å². The highest BCUT2D eigenvalue weighted by molar-refractivity contribution is 7.75. The van der Waals surface area contributed by atoms with Gasteiger partial charge in [0.2, 0.25) is 0 Å². The average Bonchev–Trinajstić information content (AvgIpc) is 2.51. The van der Waals surface area contributed by atoms with Crippen molar-refractivity contribution in [1.82, 2.24) is 0 Å². The standard InChI is InChI=1S/C17H38O3P.BrH/c1-2-3-4-5-6-7-14-21(15-8-11-18,16-9-12-19)17-10-13-20;/h18-20H,2-17H2,1H3;1H/q+1;/p-1. The van der Waals surface area contributed by atoms with E-state index < -0.39 is 7.26 Å². The van der Waals surface area contributed by atoms with E-state index in [9.17, 15) is 0 Å². The van der Waals surface area contributed by atoms with E-state index in [-0.39, 0.29) is 36.8 Å². The zero-order chi connectivity index (χ0) is 15.8. The first-order valence-corrected chi connectivity index (χ1v) is 11.5. The molecule has 0 rings (SSSR count). The van der Waals surface area contributed by atoms with Gasteiger partial charge in [-0.05, 0) is 12.8 Å². The molecule has 136 valence electrons. The third kappa shape index (κ3) is 13.2. The quantitative estimate of drug-likeness (QED) is 0.261. The second-order valence-corrected chi connectivity index (χ2v) is 10.7. The number of aliphatic hydroxyl groups excluding tert-OH is 3. The summed E-state index contributed by atoms with van der Waals surface area (Å²) in [6, 6.07) is 0. The Morgan fingerprint density at radius 2 is 0.909 bits per heavy atom. The zero-order valence-electron chi connectivity index (χ0n) is 14.5. The lowest BCUT2D eigenvalue weighted by Gasteiger charge is -2.27. The van der Waals surface area contributed by atoms with E-state index in [2.05, 4.69) is 6.92 Å². The lowest BCUT2D eigenvalue weighted by Crippen LogP contribution is -3.00. The molecule has 0 radical (unpaired) electrons. The van der Waals surface area contributed by atoms with Gasteiger partial charge in [-0.3, -0.25) is 0 Å². The van der Waals surface area contributed by atoms with E-state index in [4.69, 9.17) is 15.3 Å². The zero-order valence-corrected chi connectivity index (χ0v) is 17.0. The van der Waals surface area contributed by atoms with Gasteiger partial charge in [-0.25, -0.2) is 0 Å². The van der Waals surface area contributed by atoms with Crippen LogP contribution in [0.15, 0.2) is 0 Å². The summed E-state index contributed by atoms with van der Waals surface area (Å²) >= 11 is 0. The third-order valence-corrected chi connectivity index (χ3v) is 9.42. The molecule has 0 fully saturated rings. The summed E-state index contributed by atoms with van der Waals surface area (Å²) in [4.78, 5) is 0. The molecule has 5 heteroatoms. The molecule has 0 aromatic heterocycles. The molecule has 0 aromatic rings. The molecule has 0 heterocycles. The van der Waals surface area contributed by atoms with Gasteiger partial charge < -0.3 is 32.3 Å². The molecular formula is C17H38BrO3P. The number of aliphatic hydroxyl groups is 3. The molecule has 0 aliphatic carbocycles. The van der Waals surface area contributed by atoms with Gasteiger partial charge >= 0.3 is 0 Å². The molecule has 3 N–H and O–H groups in total. The highest BCUT2D eigenvalue weighted by Crippen LogP contribution is 2.60. The van der Waals surface area contributed by atoms with E-state index in [1.54, 1.807) is 0 Å². The number of rotatable bonds is 16. The summed E-state index contributed by atoms with van der Waals surface area (Å²) in [7, 11) is -1.08. The molecule has 0 aromatic carbocycles. The Hall–Kier alpha value is 0.790. The molecule has 0 atom stereocenters. The smallest absolute Gasteiger partial charge is 0.0616 e. The van der Waals surface area contributed by atoms with Crippen LogP contribution in [0, 0.1) is 0 Å². The van der Waals surface area contributed by atoms with E-state index in [1.165, 1.54) is 44.7 Å². The lowest BCUT2D eigenvalue weighted by atomic mass is 10.1. The molecule has 0 spiro atoms. The van der Waals surface area contributed by atoms with Crippen molar-refractivity contribution < 1.29 is 32.3 Å². The molecule has 0 unspecified atom stereocenters. The maximum atomic E-state index is 9.17. The van der Waals surface area contributed by atoms with Crippen LogP contribution >= 0.6 is 7.26 Å². The topological polar surface area (TPSA) is 60.7 Å². The van der Waals surface area contributed by atoms with E-state index in [1.807, 2.05) is 0 Å². The third-order valence-electron chi connectivity index (χ3n) is 4.36. The highest BCUT2D eigenvalue weighted by atomic mass is 79.9. The van der Waals surface area contributed by atoms with Crippen molar-refractivity contribution in [2.75, 3.05) is 44.5 Å². The minimum atomic E-state index is -1.08. The first-order chi connectivity index (χ1) is 10.2. The fraction of sp³-hybridized carbons (Fsp3) is 1.00. The Balaban J connectivity index is 0. The lowest BCUT2D eigenvalue weighted by molar-refractivity contribution is -0.00000788. The molecule has 0 aliphatic rings. The predicted molar refractivity (Wildman–Crippen MR) is 94.9 cm³/mol. The van der Waals surface area contributed by atoms with Crippen molar-refractivity contribution in [2.45, 2.75) is 64.7 Å². The van der Waals surface area contributed by atoms with Crippen LogP contribution < -0.4 is 17.0 Å². The summed E-state index contributed by atoms with van der Waals surface area (Å²) in [5.41, 5.74) is 0. The number of hydrogen-bond acceptors (Lipinski definition) is 3. The van der Waals surface area contributed by atoms with Crippen LogP contribution in [0.5, 0.6) is 0 Å². The Bertz CT molecular complexity index is 196. The van der Waals surface area contributed by atoms with Crippen LogP contribution in [-0.4, -0.2) is 59.8 Å². The van der Waals surface area contributed by atoms with Crippen molar-refractivity contribution in [2.24, 2.45) is 0 Å². The summed E-state index contributed by atoms with van der Waals surface area (Å²) in [6.45, 7) is 3.07. The van der Waals surface area contributed by atoms with Crippen molar-refractivity contribution in [1.29, 1.82) is 0 Å². The maximum absolute atomic E-state index is 9.17. The van der Waals surface area contributed by atoms with Crippen molar-refractivity contribution >= 4 is 7.26 Å². The molecule has 0 saturated heterocycles. The summed E-state index contributed by atoms with van der Waals surface area (Å²) < 4.78 is 0. The van der Waals surface area contributed by atoms with Crippen molar-refractivity contribution in [3.63, 3.8) is 0 Å². The summed E-state index contributed by atoms with van der Waals surface area (Å²) in [6.07, 6.45) is 15.3. The van der Waals surface area contributed by atoms with Gasteiger partial charge in [0.05, 0.1) is 24.6 Å². The molecule has 0 aliphatic heterocycles. The van der Waals surface area contributed by atoms with Crippen LogP contribution in [0.4, 0.5) is 0 Å². The van der Waals surface area contributed by atoms with Gasteiger partial charge in [0.15, 0.2) is 0 Å². The predicted octanol–water partition coefficient (Wildman–Crippen LogP) is 0.516. The number of halogens is 1. The van der Waals surface area contributed by atoms with E-state index in [0.29, 0.717) is 0 Å². The Morgan fingerprint density at radius 3 is 1.32 bits per heavy atom. The van der Waals surface area contributed by atoms with Crippen molar-refractivity contribution in [3.8, 4) is 0 Å². The Labute approximate surface area is 149 Å². The molecule has 0 amide bonds. The highest BCUT2D eigenvalue weighted by Gasteiger charge is 2.34. The summed E-state index contributed by atoms with van der Waals surface area (Å²) in [5.74, 6) is 0. The van der Waals surface area contributed by atoms with Crippen LogP contribution in [0.25, 0.3) is 0 Å². The monoisotopic (exact) mass is 400 g/mol. The summed E-state index contributed by atoms with van der Waals surface area (Å²) in [5, 5.41) is 27.5. The van der Waals surface area contributed by atoms with Gasteiger partial charge in [-0.1, -0.05) is 32.6 Å². The first kappa shape index (κ1) is 25.0. The van der Waals surface area contributed by atoms with Gasteiger partial charge in [0, 0.05) is 46.3 Å². The second kappa shape index (κ2) is 18.1. The van der Waals surface area contributed by atoms with Crippen LogP contribution in [-0.2, 0) is 0 Å². The molecular weight excluding hydrogens is 363 g/mol. The molecule has 3 nitrogen and oxygen atoms in total. The van der Waals surface area contributed by atoms with Gasteiger partial charge in [-0.15, -0.1) is 0 Å². The number of hydrogen-bond donors (Lipinski definition) is 3. The van der Waals surface area contributed by atoms with Crippen molar-refractivity contribution in [3.05, 3.63) is 0 Å².